The molecular formula is C12H22N4O2S. The summed E-state index contributed by atoms with van der Waals surface area (Å²) in [5.74, 6) is 0.753. The molecule has 0 unspecified atom stereocenters. The van der Waals surface area contributed by atoms with Crippen molar-refractivity contribution in [3.05, 3.63) is 12.0 Å². The summed E-state index contributed by atoms with van der Waals surface area (Å²) in [6, 6.07) is 0.0617. The summed E-state index contributed by atoms with van der Waals surface area (Å²) < 4.78 is 28.6. The van der Waals surface area contributed by atoms with Gasteiger partial charge in [0.2, 0.25) is 0 Å². The first-order valence-corrected chi connectivity index (χ1v) is 8.21. The number of nitrogens with one attached hydrogen (secondary N) is 1. The summed E-state index contributed by atoms with van der Waals surface area (Å²) in [6.45, 7) is 8.50. The SMILES string of the molecule is CCCn1cc(S(=O)(=O)N(CC)C2CNC2)nc1C. The van der Waals surface area contributed by atoms with Crippen molar-refractivity contribution in [1.29, 1.82) is 0 Å². The van der Waals surface area contributed by atoms with Gasteiger partial charge < -0.3 is 9.88 Å². The first-order valence-electron chi connectivity index (χ1n) is 6.77. The Morgan fingerprint density at radius 1 is 1.47 bits per heavy atom. The molecular weight excluding hydrogens is 264 g/mol. The van der Waals surface area contributed by atoms with Crippen LogP contribution < -0.4 is 5.32 Å². The molecule has 1 aliphatic heterocycles. The number of hydrogen-bond acceptors (Lipinski definition) is 4. The third-order valence-corrected chi connectivity index (χ3v) is 5.37. The summed E-state index contributed by atoms with van der Waals surface area (Å²) in [5.41, 5.74) is 0. The largest absolute Gasteiger partial charge is 0.334 e. The maximum atomic E-state index is 12.6. The molecule has 0 radical (unpaired) electrons. The number of hydrogen-bond donors (Lipinski definition) is 1. The van der Waals surface area contributed by atoms with E-state index in [4.69, 9.17) is 0 Å². The van der Waals surface area contributed by atoms with Crippen molar-refractivity contribution in [2.45, 2.75) is 44.8 Å². The zero-order valence-electron chi connectivity index (χ0n) is 11.8. The Balaban J connectivity index is 2.29. The molecule has 19 heavy (non-hydrogen) atoms. The molecule has 0 aliphatic carbocycles. The molecule has 1 fully saturated rings. The van der Waals surface area contributed by atoms with E-state index in [1.807, 2.05) is 18.4 Å². The van der Waals surface area contributed by atoms with E-state index in [-0.39, 0.29) is 11.1 Å². The predicted molar refractivity (Wildman–Crippen MR) is 73.5 cm³/mol. The number of imidazole rings is 1. The van der Waals surface area contributed by atoms with Crippen molar-refractivity contribution in [2.24, 2.45) is 0 Å². The first-order chi connectivity index (χ1) is 9.00. The molecule has 108 valence electrons. The van der Waals surface area contributed by atoms with Crippen LogP contribution >= 0.6 is 0 Å². The molecule has 2 rings (SSSR count). The number of nitrogens with zero attached hydrogens (tertiary/aromatic N) is 3. The zero-order chi connectivity index (χ0) is 14.0. The highest BCUT2D eigenvalue weighted by molar-refractivity contribution is 7.89. The molecule has 1 N–H and O–H groups in total. The topological polar surface area (TPSA) is 67.2 Å². The smallest absolute Gasteiger partial charge is 0.262 e. The van der Waals surface area contributed by atoms with Gasteiger partial charge in [-0.1, -0.05) is 13.8 Å². The molecule has 0 aromatic carbocycles. The number of rotatable bonds is 6. The summed E-state index contributed by atoms with van der Waals surface area (Å²) >= 11 is 0. The monoisotopic (exact) mass is 286 g/mol. The third kappa shape index (κ3) is 2.68. The highest BCUT2D eigenvalue weighted by atomic mass is 32.2. The fourth-order valence-electron chi connectivity index (χ4n) is 2.29. The van der Waals surface area contributed by atoms with Crippen LogP contribution in [0.2, 0.25) is 0 Å². The lowest BCUT2D eigenvalue weighted by molar-refractivity contribution is 0.249. The minimum absolute atomic E-state index is 0.0617. The van der Waals surface area contributed by atoms with Crippen molar-refractivity contribution in [3.63, 3.8) is 0 Å². The van der Waals surface area contributed by atoms with E-state index in [2.05, 4.69) is 17.2 Å². The summed E-state index contributed by atoms with van der Waals surface area (Å²) in [6.07, 6.45) is 2.61. The lowest BCUT2D eigenvalue weighted by Crippen LogP contribution is -2.58. The molecule has 1 aliphatic rings. The first kappa shape index (κ1) is 14.5. The summed E-state index contributed by atoms with van der Waals surface area (Å²) in [5, 5.41) is 3.28. The van der Waals surface area contributed by atoms with Crippen LogP contribution in [0.3, 0.4) is 0 Å². The number of sulfonamides is 1. The zero-order valence-corrected chi connectivity index (χ0v) is 12.6. The van der Waals surface area contributed by atoms with E-state index < -0.39 is 10.0 Å². The molecule has 7 heteroatoms. The Bertz CT molecular complexity index is 534. The molecule has 1 aromatic heterocycles. The van der Waals surface area contributed by atoms with Gasteiger partial charge in [-0.05, 0) is 13.3 Å². The van der Waals surface area contributed by atoms with Crippen molar-refractivity contribution < 1.29 is 8.42 Å². The second-order valence-electron chi connectivity index (χ2n) is 4.84. The molecule has 0 bridgehead atoms. The van der Waals surface area contributed by atoms with Gasteiger partial charge in [0.05, 0.1) is 6.04 Å². The van der Waals surface area contributed by atoms with E-state index >= 15 is 0 Å². The van der Waals surface area contributed by atoms with Gasteiger partial charge in [0.15, 0.2) is 5.03 Å². The van der Waals surface area contributed by atoms with E-state index in [0.29, 0.717) is 6.54 Å². The average molecular weight is 286 g/mol. The number of likely N-dealkylation sites (N-methyl/N-ethyl adjacent to an activating group) is 1. The van der Waals surface area contributed by atoms with Crippen molar-refractivity contribution in [2.75, 3.05) is 19.6 Å². The van der Waals surface area contributed by atoms with Crippen LogP contribution in [0.1, 0.15) is 26.1 Å². The van der Waals surface area contributed by atoms with Crippen LogP contribution in [0, 0.1) is 6.92 Å². The maximum Gasteiger partial charge on any atom is 0.262 e. The summed E-state index contributed by atoms with van der Waals surface area (Å²) in [7, 11) is -3.47. The minimum Gasteiger partial charge on any atom is -0.334 e. The lowest BCUT2D eigenvalue weighted by Gasteiger charge is -2.36. The van der Waals surface area contributed by atoms with Gasteiger partial charge in [-0.2, -0.15) is 4.31 Å². The van der Waals surface area contributed by atoms with Crippen molar-refractivity contribution in [3.8, 4) is 0 Å². The third-order valence-electron chi connectivity index (χ3n) is 3.47. The predicted octanol–water partition coefficient (Wildman–Crippen LogP) is 0.584. The van der Waals surface area contributed by atoms with Gasteiger partial charge in [0, 0.05) is 32.4 Å². The van der Waals surface area contributed by atoms with Gasteiger partial charge >= 0.3 is 0 Å². The van der Waals surface area contributed by atoms with E-state index in [1.54, 1.807) is 10.5 Å². The van der Waals surface area contributed by atoms with E-state index in [9.17, 15) is 8.42 Å². The van der Waals surface area contributed by atoms with Crippen molar-refractivity contribution in [1.82, 2.24) is 19.2 Å². The molecule has 0 saturated carbocycles. The van der Waals surface area contributed by atoms with Crippen LogP contribution in [0.25, 0.3) is 0 Å². The maximum absolute atomic E-state index is 12.6. The Kier molecular flexibility index (Phi) is 4.27. The fraction of sp³-hybridized carbons (Fsp3) is 0.750. The summed E-state index contributed by atoms with van der Waals surface area (Å²) in [4.78, 5) is 4.22. The van der Waals surface area contributed by atoms with Gasteiger partial charge in [0.1, 0.15) is 5.82 Å². The van der Waals surface area contributed by atoms with Crippen LogP contribution in [0.5, 0.6) is 0 Å². The lowest BCUT2D eigenvalue weighted by atomic mass is 10.2. The van der Waals surface area contributed by atoms with Gasteiger partial charge in [0.25, 0.3) is 10.0 Å². The van der Waals surface area contributed by atoms with E-state index in [1.165, 1.54) is 0 Å². The highest BCUT2D eigenvalue weighted by Gasteiger charge is 2.35. The van der Waals surface area contributed by atoms with Crippen LogP contribution in [-0.2, 0) is 16.6 Å². The molecule has 1 saturated heterocycles. The molecule has 0 atom stereocenters. The molecule has 1 aromatic rings. The van der Waals surface area contributed by atoms with Crippen molar-refractivity contribution >= 4 is 10.0 Å². The van der Waals surface area contributed by atoms with Gasteiger partial charge in [-0.3, -0.25) is 0 Å². The Labute approximate surface area is 114 Å². The standard InChI is InChI=1S/C12H22N4O2S/c1-4-6-15-9-12(14-10(15)3)19(17,18)16(5-2)11-7-13-8-11/h9,11,13H,4-8H2,1-3H3. The minimum atomic E-state index is -3.47. The second-order valence-corrected chi connectivity index (χ2v) is 6.68. The van der Waals surface area contributed by atoms with Crippen LogP contribution in [0.15, 0.2) is 11.2 Å². The number of aryl methyl sites for hydroxylation is 2. The van der Waals surface area contributed by atoms with Crippen LogP contribution in [0.4, 0.5) is 0 Å². The second kappa shape index (κ2) is 5.60. The normalized spacial score (nSPS) is 16.8. The van der Waals surface area contributed by atoms with Crippen LogP contribution in [-0.4, -0.2) is 48.0 Å². The Morgan fingerprint density at radius 2 is 2.16 bits per heavy atom. The van der Waals surface area contributed by atoms with E-state index in [0.717, 1.165) is 31.9 Å². The molecule has 0 amide bonds. The Hall–Kier alpha value is -0.920. The average Bonchev–Trinajstić information content (AvgIpc) is 2.66. The Morgan fingerprint density at radius 3 is 2.63 bits per heavy atom. The highest BCUT2D eigenvalue weighted by Crippen LogP contribution is 2.19. The van der Waals surface area contributed by atoms with Gasteiger partial charge in [-0.15, -0.1) is 0 Å². The fourth-order valence-corrected chi connectivity index (χ4v) is 3.92. The van der Waals surface area contributed by atoms with Gasteiger partial charge in [-0.25, -0.2) is 13.4 Å². The quantitative estimate of drug-likeness (QED) is 0.831. The molecule has 2 heterocycles. The molecule has 6 nitrogen and oxygen atoms in total. The molecule has 0 spiro atoms. The number of aromatic nitrogens is 2.